The van der Waals surface area contributed by atoms with Gasteiger partial charge in [-0.05, 0) is 13.0 Å². The van der Waals surface area contributed by atoms with E-state index < -0.39 is 10.0 Å². The Balaban J connectivity index is 0.00000529. The van der Waals surface area contributed by atoms with Crippen molar-refractivity contribution in [3.05, 3.63) is 29.8 Å². The molecule has 1 aromatic carbocycles. The Labute approximate surface area is 161 Å². The fourth-order valence-corrected chi connectivity index (χ4v) is 2.49. The van der Waals surface area contributed by atoms with Gasteiger partial charge >= 0.3 is 0 Å². The van der Waals surface area contributed by atoms with E-state index in [0.717, 1.165) is 24.1 Å². The average Bonchev–Trinajstić information content (AvgIpc) is 2.49. The van der Waals surface area contributed by atoms with Crippen LogP contribution < -0.4 is 14.8 Å². The van der Waals surface area contributed by atoms with E-state index in [4.69, 9.17) is 4.74 Å². The molecule has 0 unspecified atom stereocenters. The molecule has 1 aromatic rings. The summed E-state index contributed by atoms with van der Waals surface area (Å²) in [5.74, 6) is 1.54. The molecular weight excluding hydrogens is 443 g/mol. The number of sulfonamides is 1. The van der Waals surface area contributed by atoms with E-state index in [-0.39, 0.29) is 30.5 Å². The van der Waals surface area contributed by atoms with Crippen molar-refractivity contribution in [2.45, 2.75) is 13.5 Å². The molecule has 0 aliphatic carbocycles. The first kappa shape index (κ1) is 22.9. The maximum atomic E-state index is 11.0. The van der Waals surface area contributed by atoms with E-state index >= 15 is 0 Å². The molecule has 0 spiro atoms. The number of nitrogens with one attached hydrogen (secondary N) is 2. The molecule has 0 aromatic heterocycles. The first-order chi connectivity index (χ1) is 10.9. The number of halogens is 1. The number of rotatable bonds is 8. The highest BCUT2D eigenvalue weighted by Crippen LogP contribution is 2.18. The lowest BCUT2D eigenvalue weighted by molar-refractivity contribution is 0.396. The smallest absolute Gasteiger partial charge is 0.208 e. The molecule has 2 N–H and O–H groups in total. The first-order valence-corrected chi connectivity index (χ1v) is 9.32. The second-order valence-corrected chi connectivity index (χ2v) is 6.90. The highest BCUT2D eigenvalue weighted by Gasteiger charge is 2.09. The molecule has 0 bridgehead atoms. The quantitative estimate of drug-likeness (QED) is 0.259. The van der Waals surface area contributed by atoms with Crippen LogP contribution in [0, 0.1) is 0 Å². The number of benzene rings is 1. The van der Waals surface area contributed by atoms with Crippen molar-refractivity contribution in [1.82, 2.24) is 14.9 Å². The fraction of sp³-hybridized carbons (Fsp3) is 0.533. The predicted octanol–water partition coefficient (Wildman–Crippen LogP) is 1.26. The van der Waals surface area contributed by atoms with Crippen molar-refractivity contribution in [2.24, 2.45) is 4.99 Å². The van der Waals surface area contributed by atoms with Crippen LogP contribution in [-0.4, -0.2) is 59.3 Å². The maximum absolute atomic E-state index is 11.0. The standard InChI is InChI=1S/C15H26N4O3S.HI/c1-5-16-15(17-10-11-18-23(4,20)21)19(2)12-13-8-6-7-9-14(13)22-3;/h6-9,18H,5,10-12H2,1-4H3,(H,16,17);1H. The number of methoxy groups -OCH3 is 1. The summed E-state index contributed by atoms with van der Waals surface area (Å²) in [6.45, 7) is 3.99. The largest absolute Gasteiger partial charge is 0.496 e. The third-order valence-corrected chi connectivity index (χ3v) is 3.76. The van der Waals surface area contributed by atoms with E-state index in [1.54, 1.807) is 7.11 Å². The molecule has 0 saturated heterocycles. The lowest BCUT2D eigenvalue weighted by atomic mass is 10.2. The fourth-order valence-electron chi connectivity index (χ4n) is 2.03. The van der Waals surface area contributed by atoms with Gasteiger partial charge in [0.1, 0.15) is 5.75 Å². The molecule has 0 aliphatic heterocycles. The lowest BCUT2D eigenvalue weighted by Crippen LogP contribution is -2.39. The van der Waals surface area contributed by atoms with Crippen LogP contribution in [0.4, 0.5) is 0 Å². The Bertz CT molecular complexity index is 623. The maximum Gasteiger partial charge on any atom is 0.208 e. The Kier molecular flexibility index (Phi) is 11.0. The van der Waals surface area contributed by atoms with Gasteiger partial charge in [0.05, 0.1) is 19.9 Å². The van der Waals surface area contributed by atoms with Crippen molar-refractivity contribution < 1.29 is 13.2 Å². The van der Waals surface area contributed by atoms with E-state index in [1.807, 2.05) is 43.1 Å². The first-order valence-electron chi connectivity index (χ1n) is 7.43. The van der Waals surface area contributed by atoms with E-state index in [9.17, 15) is 8.42 Å². The van der Waals surface area contributed by atoms with E-state index in [0.29, 0.717) is 19.0 Å². The van der Waals surface area contributed by atoms with Crippen LogP contribution in [0.2, 0.25) is 0 Å². The third-order valence-electron chi connectivity index (χ3n) is 3.03. The second-order valence-electron chi connectivity index (χ2n) is 5.07. The zero-order chi connectivity index (χ0) is 17.3. The summed E-state index contributed by atoms with van der Waals surface area (Å²) in [5, 5.41) is 3.20. The number of hydrogen-bond donors (Lipinski definition) is 2. The third kappa shape index (κ3) is 8.69. The Morgan fingerprint density at radius 2 is 2.00 bits per heavy atom. The minimum atomic E-state index is -3.18. The van der Waals surface area contributed by atoms with Crippen LogP contribution in [0.5, 0.6) is 5.75 Å². The number of guanidine groups is 1. The highest BCUT2D eigenvalue weighted by atomic mass is 127. The van der Waals surface area contributed by atoms with Crippen LogP contribution in [0.1, 0.15) is 12.5 Å². The number of ether oxygens (including phenoxy) is 1. The Hall–Kier alpha value is -1.07. The summed E-state index contributed by atoms with van der Waals surface area (Å²) in [6.07, 6.45) is 1.13. The summed E-state index contributed by atoms with van der Waals surface area (Å²) >= 11 is 0. The zero-order valence-electron chi connectivity index (χ0n) is 14.6. The van der Waals surface area contributed by atoms with Gasteiger partial charge in [-0.25, -0.2) is 13.1 Å². The van der Waals surface area contributed by atoms with Gasteiger partial charge < -0.3 is 15.0 Å². The van der Waals surface area contributed by atoms with Crippen molar-refractivity contribution in [1.29, 1.82) is 0 Å². The molecule has 0 aliphatic rings. The summed E-state index contributed by atoms with van der Waals surface area (Å²) < 4.78 is 29.9. The van der Waals surface area contributed by atoms with E-state index in [2.05, 4.69) is 15.0 Å². The molecule has 0 fully saturated rings. The van der Waals surface area contributed by atoms with Gasteiger partial charge in [0.25, 0.3) is 0 Å². The van der Waals surface area contributed by atoms with Gasteiger partial charge in [0.2, 0.25) is 10.0 Å². The summed E-state index contributed by atoms with van der Waals surface area (Å²) in [7, 11) is 0.394. The summed E-state index contributed by atoms with van der Waals surface area (Å²) in [5.41, 5.74) is 1.05. The Morgan fingerprint density at radius 3 is 2.58 bits per heavy atom. The normalized spacial score (nSPS) is 11.6. The van der Waals surface area contributed by atoms with Crippen LogP contribution in [0.15, 0.2) is 29.3 Å². The van der Waals surface area contributed by atoms with Gasteiger partial charge in [0.15, 0.2) is 5.96 Å². The topological polar surface area (TPSA) is 83.0 Å². The molecule has 138 valence electrons. The van der Waals surface area contributed by atoms with Crippen LogP contribution in [0.3, 0.4) is 0 Å². The second kappa shape index (κ2) is 11.5. The average molecular weight is 470 g/mol. The van der Waals surface area contributed by atoms with E-state index in [1.165, 1.54) is 0 Å². The van der Waals surface area contributed by atoms with Crippen LogP contribution in [-0.2, 0) is 16.6 Å². The van der Waals surface area contributed by atoms with Gasteiger partial charge in [-0.1, -0.05) is 18.2 Å². The molecule has 7 nitrogen and oxygen atoms in total. The van der Waals surface area contributed by atoms with Crippen LogP contribution in [0.25, 0.3) is 0 Å². The van der Waals surface area contributed by atoms with Crippen molar-refractivity contribution >= 4 is 40.0 Å². The summed E-state index contributed by atoms with van der Waals surface area (Å²) in [6, 6.07) is 7.82. The van der Waals surface area contributed by atoms with Gasteiger partial charge in [0, 0.05) is 32.2 Å². The SMILES string of the molecule is CCNC(=NCCNS(C)(=O)=O)N(C)Cc1ccccc1OC.I. The van der Waals surface area contributed by atoms with Crippen LogP contribution >= 0.6 is 24.0 Å². The van der Waals surface area contributed by atoms with Crippen molar-refractivity contribution in [2.75, 3.05) is 40.0 Å². The molecular formula is C15H27IN4O3S. The molecule has 0 radical (unpaired) electrons. The molecule has 0 amide bonds. The van der Waals surface area contributed by atoms with Gasteiger partial charge in [-0.15, -0.1) is 24.0 Å². The predicted molar refractivity (Wildman–Crippen MR) is 109 cm³/mol. The van der Waals surface area contributed by atoms with Crippen molar-refractivity contribution in [3.63, 3.8) is 0 Å². The number of hydrogen-bond acceptors (Lipinski definition) is 4. The van der Waals surface area contributed by atoms with Gasteiger partial charge in [-0.2, -0.15) is 0 Å². The Morgan fingerprint density at radius 1 is 1.33 bits per heavy atom. The zero-order valence-corrected chi connectivity index (χ0v) is 17.7. The molecule has 0 saturated carbocycles. The highest BCUT2D eigenvalue weighted by molar-refractivity contribution is 14.0. The minimum Gasteiger partial charge on any atom is -0.496 e. The van der Waals surface area contributed by atoms with Gasteiger partial charge in [-0.3, -0.25) is 4.99 Å². The molecule has 0 atom stereocenters. The number of nitrogens with zero attached hydrogens (tertiary/aromatic N) is 2. The monoisotopic (exact) mass is 470 g/mol. The minimum absolute atomic E-state index is 0. The molecule has 0 heterocycles. The lowest BCUT2D eigenvalue weighted by Gasteiger charge is -2.23. The molecule has 9 heteroatoms. The summed E-state index contributed by atoms with van der Waals surface area (Å²) in [4.78, 5) is 6.41. The molecule has 24 heavy (non-hydrogen) atoms. The molecule has 1 rings (SSSR count). The number of aliphatic imine (C=N–C) groups is 1. The number of para-hydroxylation sites is 1. The van der Waals surface area contributed by atoms with Crippen molar-refractivity contribution in [3.8, 4) is 5.75 Å².